The second-order valence-corrected chi connectivity index (χ2v) is 7.27. The van der Waals surface area contributed by atoms with Gasteiger partial charge in [0.05, 0.1) is 27.1 Å². The first-order valence-electron chi connectivity index (χ1n) is 9.42. The van der Waals surface area contributed by atoms with Crippen LogP contribution < -0.4 is 24.3 Å². The summed E-state index contributed by atoms with van der Waals surface area (Å²) in [5.74, 6) is 0.725. The van der Waals surface area contributed by atoms with Gasteiger partial charge in [0.25, 0.3) is 11.1 Å². The molecule has 1 atom stereocenters. The van der Waals surface area contributed by atoms with E-state index < -0.39 is 11.9 Å². The molecule has 3 aromatic rings. The summed E-state index contributed by atoms with van der Waals surface area (Å²) in [6.45, 7) is 1.66. The minimum absolute atomic E-state index is 0.0147. The Morgan fingerprint density at radius 1 is 1.09 bits per heavy atom. The molecule has 0 spiro atoms. The standard InChI is InChI=1S/C21H22FN3O6S/c1-12(30-15-8-6-5-7-14(15)22)20-24-25-21(31-20)32-11-18(26)23-13-9-16(27-2)19(29-4)17(10-13)28-3/h5-10,12H,11H2,1-4H3,(H,23,26)/t12-/m1/s1. The van der Waals surface area contributed by atoms with E-state index in [-0.39, 0.29) is 28.5 Å². The number of benzene rings is 2. The van der Waals surface area contributed by atoms with Crippen LogP contribution in [-0.2, 0) is 4.79 Å². The number of methoxy groups -OCH3 is 3. The van der Waals surface area contributed by atoms with E-state index in [1.165, 1.54) is 33.5 Å². The zero-order chi connectivity index (χ0) is 23.1. The van der Waals surface area contributed by atoms with Crippen molar-refractivity contribution in [1.29, 1.82) is 0 Å². The molecule has 0 saturated heterocycles. The molecule has 0 radical (unpaired) electrons. The van der Waals surface area contributed by atoms with Crippen LogP contribution in [0.3, 0.4) is 0 Å². The lowest BCUT2D eigenvalue weighted by Gasteiger charge is -2.14. The molecule has 0 aliphatic rings. The number of nitrogens with one attached hydrogen (secondary N) is 1. The van der Waals surface area contributed by atoms with Crippen LogP contribution in [0.4, 0.5) is 10.1 Å². The second-order valence-electron chi connectivity index (χ2n) is 6.35. The molecule has 0 unspecified atom stereocenters. The van der Waals surface area contributed by atoms with Crippen molar-refractivity contribution in [3.8, 4) is 23.0 Å². The van der Waals surface area contributed by atoms with Gasteiger partial charge in [0.1, 0.15) is 0 Å². The maximum absolute atomic E-state index is 13.7. The van der Waals surface area contributed by atoms with Gasteiger partial charge in [0, 0.05) is 17.8 Å². The summed E-state index contributed by atoms with van der Waals surface area (Å²) < 4.78 is 40.6. The van der Waals surface area contributed by atoms with Crippen molar-refractivity contribution < 1.29 is 32.5 Å². The van der Waals surface area contributed by atoms with Crippen LogP contribution in [-0.4, -0.2) is 43.2 Å². The number of aromatic nitrogens is 2. The minimum atomic E-state index is -0.665. The Bertz CT molecular complexity index is 1050. The van der Waals surface area contributed by atoms with Crippen molar-refractivity contribution in [2.24, 2.45) is 0 Å². The molecule has 1 aromatic heterocycles. The number of hydrogen-bond acceptors (Lipinski definition) is 9. The summed E-state index contributed by atoms with van der Waals surface area (Å²) in [6, 6.07) is 9.27. The Kier molecular flexibility index (Phi) is 7.77. The zero-order valence-corrected chi connectivity index (χ0v) is 18.7. The van der Waals surface area contributed by atoms with Crippen molar-refractivity contribution in [2.45, 2.75) is 18.3 Å². The first-order valence-corrected chi connectivity index (χ1v) is 10.4. The van der Waals surface area contributed by atoms with E-state index in [9.17, 15) is 9.18 Å². The van der Waals surface area contributed by atoms with Gasteiger partial charge in [-0.15, -0.1) is 10.2 Å². The first-order chi connectivity index (χ1) is 15.4. The van der Waals surface area contributed by atoms with Gasteiger partial charge in [-0.2, -0.15) is 0 Å². The number of carbonyl (C=O) groups is 1. The fourth-order valence-corrected chi connectivity index (χ4v) is 3.27. The fourth-order valence-electron chi connectivity index (χ4n) is 2.70. The minimum Gasteiger partial charge on any atom is -0.493 e. The summed E-state index contributed by atoms with van der Waals surface area (Å²) in [5, 5.41) is 10.7. The lowest BCUT2D eigenvalue weighted by Crippen LogP contribution is -2.14. The number of carbonyl (C=O) groups excluding carboxylic acids is 1. The number of anilines is 1. The highest BCUT2D eigenvalue weighted by Crippen LogP contribution is 2.40. The average Bonchev–Trinajstić information content (AvgIpc) is 3.27. The van der Waals surface area contributed by atoms with Crippen LogP contribution in [0.5, 0.6) is 23.0 Å². The molecule has 0 saturated carbocycles. The Balaban J connectivity index is 1.58. The van der Waals surface area contributed by atoms with Gasteiger partial charge >= 0.3 is 0 Å². The number of hydrogen-bond donors (Lipinski definition) is 1. The highest BCUT2D eigenvalue weighted by atomic mass is 32.2. The van der Waals surface area contributed by atoms with E-state index in [2.05, 4.69) is 15.5 Å². The number of rotatable bonds is 10. The number of amides is 1. The van der Waals surface area contributed by atoms with Crippen LogP contribution in [0, 0.1) is 5.82 Å². The number of ether oxygens (including phenoxy) is 4. The van der Waals surface area contributed by atoms with Crippen LogP contribution in [0.1, 0.15) is 18.9 Å². The van der Waals surface area contributed by atoms with Crippen LogP contribution in [0.2, 0.25) is 0 Å². The Morgan fingerprint density at radius 3 is 2.41 bits per heavy atom. The predicted octanol–water partition coefficient (Wildman–Crippen LogP) is 4.11. The summed E-state index contributed by atoms with van der Waals surface area (Å²) in [4.78, 5) is 12.4. The van der Waals surface area contributed by atoms with Crippen molar-refractivity contribution >= 4 is 23.4 Å². The molecule has 0 bridgehead atoms. The Labute approximate surface area is 188 Å². The molecule has 1 N–H and O–H groups in total. The number of para-hydroxylation sites is 1. The molecule has 0 aliphatic heterocycles. The molecule has 11 heteroatoms. The highest BCUT2D eigenvalue weighted by molar-refractivity contribution is 7.99. The fraction of sp³-hybridized carbons (Fsp3) is 0.286. The van der Waals surface area contributed by atoms with Crippen LogP contribution in [0.15, 0.2) is 46.0 Å². The number of thioether (sulfide) groups is 1. The topological polar surface area (TPSA) is 105 Å². The lowest BCUT2D eigenvalue weighted by atomic mass is 10.2. The highest BCUT2D eigenvalue weighted by Gasteiger charge is 2.19. The van der Waals surface area contributed by atoms with E-state index in [1.807, 2.05) is 0 Å². The molecule has 9 nitrogen and oxygen atoms in total. The Morgan fingerprint density at radius 2 is 1.78 bits per heavy atom. The molecule has 3 rings (SSSR count). The third kappa shape index (κ3) is 5.61. The van der Waals surface area contributed by atoms with Crippen molar-refractivity contribution in [2.75, 3.05) is 32.4 Å². The SMILES string of the molecule is COc1cc(NC(=O)CSc2nnc([C@@H](C)Oc3ccccc3F)o2)cc(OC)c1OC. The van der Waals surface area contributed by atoms with Crippen molar-refractivity contribution in [3.63, 3.8) is 0 Å². The molecular formula is C21H22FN3O6S. The third-order valence-corrected chi connectivity index (χ3v) is 5.00. The quantitative estimate of drug-likeness (QED) is 0.445. The van der Waals surface area contributed by atoms with Crippen LogP contribution >= 0.6 is 11.8 Å². The zero-order valence-electron chi connectivity index (χ0n) is 17.9. The molecule has 0 aliphatic carbocycles. The maximum atomic E-state index is 13.7. The third-order valence-electron chi connectivity index (χ3n) is 4.19. The monoisotopic (exact) mass is 463 g/mol. The molecular weight excluding hydrogens is 441 g/mol. The molecule has 2 aromatic carbocycles. The van der Waals surface area contributed by atoms with E-state index in [0.717, 1.165) is 11.8 Å². The first kappa shape index (κ1) is 23.2. The van der Waals surface area contributed by atoms with Crippen LogP contribution in [0.25, 0.3) is 0 Å². The predicted molar refractivity (Wildman–Crippen MR) is 115 cm³/mol. The molecule has 1 heterocycles. The van der Waals surface area contributed by atoms with Gasteiger partial charge in [-0.25, -0.2) is 4.39 Å². The van der Waals surface area contributed by atoms with Gasteiger partial charge in [0.15, 0.2) is 29.2 Å². The molecule has 170 valence electrons. The van der Waals surface area contributed by atoms with Gasteiger partial charge in [-0.1, -0.05) is 23.9 Å². The lowest BCUT2D eigenvalue weighted by molar-refractivity contribution is -0.113. The van der Waals surface area contributed by atoms with Crippen molar-refractivity contribution in [1.82, 2.24) is 10.2 Å². The van der Waals surface area contributed by atoms with Gasteiger partial charge < -0.3 is 28.7 Å². The second kappa shape index (κ2) is 10.7. The molecule has 32 heavy (non-hydrogen) atoms. The van der Waals surface area contributed by atoms with Gasteiger partial charge in [-0.05, 0) is 19.1 Å². The summed E-state index contributed by atoms with van der Waals surface area (Å²) in [6.07, 6.45) is -0.665. The number of nitrogens with zero attached hydrogens (tertiary/aromatic N) is 2. The van der Waals surface area contributed by atoms with E-state index >= 15 is 0 Å². The summed E-state index contributed by atoms with van der Waals surface area (Å²) >= 11 is 1.05. The molecule has 0 fully saturated rings. The summed E-state index contributed by atoms with van der Waals surface area (Å²) in [7, 11) is 4.47. The van der Waals surface area contributed by atoms with E-state index in [1.54, 1.807) is 31.2 Å². The van der Waals surface area contributed by atoms with E-state index in [0.29, 0.717) is 22.9 Å². The molecule has 1 amide bonds. The van der Waals surface area contributed by atoms with Crippen molar-refractivity contribution in [3.05, 3.63) is 48.1 Å². The van der Waals surface area contributed by atoms with E-state index in [4.69, 9.17) is 23.4 Å². The Hall–Kier alpha value is -3.47. The smallest absolute Gasteiger partial charge is 0.277 e. The average molecular weight is 463 g/mol. The number of halogens is 1. The largest absolute Gasteiger partial charge is 0.493 e. The van der Waals surface area contributed by atoms with Gasteiger partial charge in [0.2, 0.25) is 11.7 Å². The normalized spacial score (nSPS) is 11.5. The summed E-state index contributed by atoms with van der Waals surface area (Å²) in [5.41, 5.74) is 0.475. The van der Waals surface area contributed by atoms with Gasteiger partial charge in [-0.3, -0.25) is 4.79 Å². The maximum Gasteiger partial charge on any atom is 0.277 e.